The number of hydrogen-bond acceptors (Lipinski definition) is 4. The molecule has 1 aliphatic heterocycles. The van der Waals surface area contributed by atoms with Crippen molar-refractivity contribution in [3.8, 4) is 0 Å². The van der Waals surface area contributed by atoms with Crippen LogP contribution in [0.3, 0.4) is 0 Å². The zero-order chi connectivity index (χ0) is 15.8. The fourth-order valence-corrected chi connectivity index (χ4v) is 3.25. The standard InChI is InChI=1S/C13H13F3N2O2S/c1-8-7-18(11(21(8)17)12(19)20-2)10-5-3-4-9(6-10)13(14,15)16/h3-7,11,17H,1-2H3. The Morgan fingerprint density at radius 2 is 2.10 bits per heavy atom. The molecule has 1 aromatic rings. The second kappa shape index (κ2) is 5.51. The van der Waals surface area contributed by atoms with Gasteiger partial charge in [0.2, 0.25) is 0 Å². The number of nitrogens with one attached hydrogen (secondary N) is 1. The van der Waals surface area contributed by atoms with Crippen molar-refractivity contribution >= 4 is 22.3 Å². The summed E-state index contributed by atoms with van der Waals surface area (Å²) in [6.07, 6.45) is -2.94. The largest absolute Gasteiger partial charge is 0.467 e. The maximum absolute atomic E-state index is 12.8. The number of allylic oxidation sites excluding steroid dienone is 1. The van der Waals surface area contributed by atoms with Crippen molar-refractivity contribution in [2.24, 2.45) is 0 Å². The normalized spacial score (nSPS) is 22.1. The number of carbonyl (C=O) groups is 1. The van der Waals surface area contributed by atoms with Gasteiger partial charge in [-0.05, 0) is 35.8 Å². The molecular weight excluding hydrogens is 305 g/mol. The molecule has 1 N–H and O–H groups in total. The van der Waals surface area contributed by atoms with Gasteiger partial charge >= 0.3 is 12.1 Å². The summed E-state index contributed by atoms with van der Waals surface area (Å²) in [6.45, 7) is 1.67. The van der Waals surface area contributed by atoms with E-state index < -0.39 is 33.8 Å². The Balaban J connectivity index is 2.45. The number of ether oxygens (including phenoxy) is 1. The zero-order valence-electron chi connectivity index (χ0n) is 11.3. The lowest BCUT2D eigenvalue weighted by Gasteiger charge is -2.24. The van der Waals surface area contributed by atoms with E-state index in [1.807, 2.05) is 0 Å². The molecule has 2 rings (SSSR count). The first-order valence-electron chi connectivity index (χ1n) is 5.92. The average Bonchev–Trinajstić information content (AvgIpc) is 2.73. The van der Waals surface area contributed by atoms with Gasteiger partial charge in [0.05, 0.1) is 12.7 Å². The minimum atomic E-state index is -4.46. The molecule has 4 nitrogen and oxygen atoms in total. The van der Waals surface area contributed by atoms with Crippen molar-refractivity contribution in [3.05, 3.63) is 40.9 Å². The monoisotopic (exact) mass is 318 g/mol. The summed E-state index contributed by atoms with van der Waals surface area (Å²) in [5.74, 6) is -0.640. The fraction of sp³-hybridized carbons (Fsp3) is 0.308. The highest BCUT2D eigenvalue weighted by Gasteiger charge is 2.37. The predicted octanol–water partition coefficient (Wildman–Crippen LogP) is 3.27. The average molecular weight is 318 g/mol. The third-order valence-electron chi connectivity index (χ3n) is 3.02. The number of rotatable bonds is 2. The molecule has 21 heavy (non-hydrogen) atoms. The molecule has 8 heteroatoms. The van der Waals surface area contributed by atoms with Crippen molar-refractivity contribution in [1.29, 1.82) is 4.78 Å². The summed E-state index contributed by atoms with van der Waals surface area (Å²) in [4.78, 5) is 13.8. The van der Waals surface area contributed by atoms with Gasteiger partial charge in [0, 0.05) is 16.8 Å². The number of alkyl halides is 3. The highest BCUT2D eigenvalue weighted by atomic mass is 32.2. The van der Waals surface area contributed by atoms with Crippen LogP contribution in [-0.2, 0) is 26.4 Å². The van der Waals surface area contributed by atoms with Crippen LogP contribution < -0.4 is 4.90 Å². The lowest BCUT2D eigenvalue weighted by molar-refractivity contribution is -0.139. The minimum absolute atomic E-state index is 0.210. The van der Waals surface area contributed by atoms with E-state index in [2.05, 4.69) is 4.74 Å². The summed E-state index contributed by atoms with van der Waals surface area (Å²) in [5, 5.41) is -0.946. The summed E-state index contributed by atoms with van der Waals surface area (Å²) in [6, 6.07) is 4.67. The van der Waals surface area contributed by atoms with Crippen LogP contribution in [0.5, 0.6) is 0 Å². The predicted molar refractivity (Wildman–Crippen MR) is 73.6 cm³/mol. The Morgan fingerprint density at radius 3 is 2.67 bits per heavy atom. The molecule has 0 spiro atoms. The van der Waals surface area contributed by atoms with Crippen molar-refractivity contribution in [2.45, 2.75) is 18.5 Å². The molecule has 0 fully saturated rings. The molecule has 2 unspecified atom stereocenters. The molecule has 0 radical (unpaired) electrons. The van der Waals surface area contributed by atoms with E-state index in [4.69, 9.17) is 4.78 Å². The van der Waals surface area contributed by atoms with Crippen LogP contribution in [0.1, 0.15) is 12.5 Å². The minimum Gasteiger partial charge on any atom is -0.467 e. The van der Waals surface area contributed by atoms with Crippen molar-refractivity contribution in [3.63, 3.8) is 0 Å². The molecule has 0 aliphatic carbocycles. The van der Waals surface area contributed by atoms with Crippen molar-refractivity contribution in [1.82, 2.24) is 0 Å². The van der Waals surface area contributed by atoms with Crippen LogP contribution in [0.15, 0.2) is 35.4 Å². The second-order valence-corrected chi connectivity index (χ2v) is 6.17. The number of hydrogen-bond donors (Lipinski definition) is 1. The van der Waals surface area contributed by atoms with Crippen molar-refractivity contribution < 1.29 is 22.7 Å². The number of benzene rings is 1. The number of carbonyl (C=O) groups excluding carboxylic acids is 1. The number of esters is 1. The molecular formula is C13H13F3N2O2S. The van der Waals surface area contributed by atoms with Crippen LogP contribution >= 0.6 is 0 Å². The van der Waals surface area contributed by atoms with Gasteiger partial charge in [-0.25, -0.2) is 4.79 Å². The summed E-state index contributed by atoms with van der Waals surface area (Å²) in [7, 11) is 0.0295. The van der Waals surface area contributed by atoms with E-state index in [9.17, 15) is 18.0 Å². The summed E-state index contributed by atoms with van der Waals surface area (Å²) < 4.78 is 50.9. The Bertz CT molecular complexity index is 628. The molecule has 1 heterocycles. The molecule has 1 aromatic carbocycles. The first-order valence-corrected chi connectivity index (χ1v) is 7.20. The second-order valence-electron chi connectivity index (χ2n) is 4.41. The maximum Gasteiger partial charge on any atom is 0.416 e. The molecule has 1 aliphatic rings. The molecule has 2 atom stereocenters. The highest BCUT2D eigenvalue weighted by molar-refractivity contribution is 7.91. The quantitative estimate of drug-likeness (QED) is 0.852. The van der Waals surface area contributed by atoms with Crippen LogP contribution in [0, 0.1) is 4.78 Å². The number of halogens is 3. The molecule has 0 aromatic heterocycles. The van der Waals surface area contributed by atoms with Gasteiger partial charge < -0.3 is 9.64 Å². The Morgan fingerprint density at radius 1 is 1.43 bits per heavy atom. The van der Waals surface area contributed by atoms with E-state index in [-0.39, 0.29) is 5.69 Å². The van der Waals surface area contributed by atoms with Gasteiger partial charge in [0.25, 0.3) is 0 Å². The molecule has 114 valence electrons. The zero-order valence-corrected chi connectivity index (χ0v) is 12.1. The topological polar surface area (TPSA) is 53.4 Å². The number of methoxy groups -OCH3 is 1. The summed E-state index contributed by atoms with van der Waals surface area (Å²) >= 11 is 0. The Hall–Kier alpha value is -1.83. The lowest BCUT2D eigenvalue weighted by atomic mass is 10.2. The summed E-state index contributed by atoms with van der Waals surface area (Å²) in [5.41, 5.74) is -0.590. The molecule has 0 saturated heterocycles. The van der Waals surface area contributed by atoms with Crippen LogP contribution in [0.4, 0.5) is 18.9 Å². The van der Waals surface area contributed by atoms with E-state index in [0.29, 0.717) is 4.91 Å². The molecule has 0 amide bonds. The van der Waals surface area contributed by atoms with E-state index in [1.165, 1.54) is 30.3 Å². The molecule has 0 saturated carbocycles. The van der Waals surface area contributed by atoms with Gasteiger partial charge in [-0.2, -0.15) is 13.2 Å². The van der Waals surface area contributed by atoms with Crippen LogP contribution in [0.25, 0.3) is 0 Å². The van der Waals surface area contributed by atoms with E-state index in [1.54, 1.807) is 6.92 Å². The Labute approximate surface area is 122 Å². The van der Waals surface area contributed by atoms with Gasteiger partial charge in [0.1, 0.15) is 0 Å². The van der Waals surface area contributed by atoms with Gasteiger partial charge in [-0.15, -0.1) is 0 Å². The van der Waals surface area contributed by atoms with E-state index >= 15 is 0 Å². The van der Waals surface area contributed by atoms with Crippen LogP contribution in [-0.4, -0.2) is 18.5 Å². The van der Waals surface area contributed by atoms with Gasteiger partial charge in [-0.1, -0.05) is 6.07 Å². The van der Waals surface area contributed by atoms with Crippen LogP contribution in [0.2, 0.25) is 0 Å². The fourth-order valence-electron chi connectivity index (χ4n) is 1.97. The maximum atomic E-state index is 12.8. The number of nitrogens with zero attached hydrogens (tertiary/aromatic N) is 1. The first-order chi connectivity index (χ1) is 9.75. The lowest BCUT2D eigenvalue weighted by Crippen LogP contribution is -2.37. The van der Waals surface area contributed by atoms with Gasteiger partial charge in [-0.3, -0.25) is 4.78 Å². The smallest absolute Gasteiger partial charge is 0.416 e. The Kier molecular flexibility index (Phi) is 4.08. The SMILES string of the molecule is COC(=O)C1N(c2cccc(C(F)(F)F)c2)C=C(C)S1=N. The van der Waals surface area contributed by atoms with E-state index in [0.717, 1.165) is 12.1 Å². The van der Waals surface area contributed by atoms with Crippen molar-refractivity contribution in [2.75, 3.05) is 12.0 Å². The van der Waals surface area contributed by atoms with Gasteiger partial charge in [0.15, 0.2) is 5.37 Å². The molecule has 0 bridgehead atoms. The first kappa shape index (κ1) is 15.6. The highest BCUT2D eigenvalue weighted by Crippen LogP contribution is 2.35. The third-order valence-corrected chi connectivity index (χ3v) is 4.68. The number of anilines is 1. The third kappa shape index (κ3) is 2.94.